The zero-order valence-corrected chi connectivity index (χ0v) is 9.08. The number of nitrogens with zero attached hydrogens (tertiary/aromatic N) is 1. The van der Waals surface area contributed by atoms with Gasteiger partial charge in [-0.05, 0) is 12.0 Å². The van der Waals surface area contributed by atoms with Crippen molar-refractivity contribution in [2.45, 2.75) is 33.2 Å². The Balaban J connectivity index is 2.09. The summed E-state index contributed by atoms with van der Waals surface area (Å²) in [6, 6.07) is 0.263. The van der Waals surface area contributed by atoms with Crippen LogP contribution in [0.4, 0.5) is 0 Å². The fourth-order valence-electron chi connectivity index (χ4n) is 1.68. The molecule has 1 aliphatic carbocycles. The van der Waals surface area contributed by atoms with Gasteiger partial charge in [0.15, 0.2) is 5.90 Å². The Kier molecular flexibility index (Phi) is 2.22. The molecule has 2 nitrogen and oxygen atoms in total. The molecule has 0 N–H and O–H groups in total. The molecule has 0 spiro atoms. The van der Waals surface area contributed by atoms with Crippen LogP contribution in [-0.2, 0) is 4.74 Å². The lowest BCUT2D eigenvalue weighted by Gasteiger charge is -2.16. The topological polar surface area (TPSA) is 21.6 Å². The second-order valence-electron chi connectivity index (χ2n) is 4.88. The summed E-state index contributed by atoms with van der Waals surface area (Å²) in [4.78, 5) is 4.63. The third-order valence-electron chi connectivity index (χ3n) is 2.52. The molecule has 0 aromatic rings. The first-order chi connectivity index (χ1) is 6.57. The zero-order chi connectivity index (χ0) is 10.2. The Hall–Kier alpha value is -1.05. The Morgan fingerprint density at radius 3 is 2.71 bits per heavy atom. The Labute approximate surface area is 85.4 Å². The molecule has 76 valence electrons. The van der Waals surface area contributed by atoms with Crippen molar-refractivity contribution in [3.8, 4) is 0 Å². The Morgan fingerprint density at radius 2 is 2.21 bits per heavy atom. The summed E-state index contributed by atoms with van der Waals surface area (Å²) >= 11 is 0. The van der Waals surface area contributed by atoms with Crippen LogP contribution in [0, 0.1) is 5.41 Å². The van der Waals surface area contributed by atoms with Gasteiger partial charge in [0, 0.05) is 5.41 Å². The third kappa shape index (κ3) is 1.74. The fraction of sp³-hybridized carbons (Fsp3) is 0.583. The van der Waals surface area contributed by atoms with Crippen molar-refractivity contribution in [3.63, 3.8) is 0 Å². The van der Waals surface area contributed by atoms with Crippen LogP contribution >= 0.6 is 0 Å². The number of hydrogen-bond donors (Lipinski definition) is 0. The lowest BCUT2D eigenvalue weighted by Crippen LogP contribution is -2.20. The molecule has 0 aromatic carbocycles. The lowest BCUT2D eigenvalue weighted by molar-refractivity contribution is 0.289. The van der Waals surface area contributed by atoms with E-state index in [2.05, 4.69) is 44.0 Å². The first kappa shape index (κ1) is 9.50. The minimum atomic E-state index is 0.0430. The second kappa shape index (κ2) is 3.26. The average molecular weight is 191 g/mol. The first-order valence-electron chi connectivity index (χ1n) is 5.14. The molecule has 0 bridgehead atoms. The van der Waals surface area contributed by atoms with E-state index in [4.69, 9.17) is 4.74 Å². The number of rotatable bonds is 1. The maximum Gasteiger partial charge on any atom is 0.189 e. The van der Waals surface area contributed by atoms with Crippen LogP contribution < -0.4 is 0 Å². The van der Waals surface area contributed by atoms with Gasteiger partial charge in [0.05, 0.1) is 0 Å². The van der Waals surface area contributed by atoms with Gasteiger partial charge >= 0.3 is 0 Å². The van der Waals surface area contributed by atoms with Gasteiger partial charge in [0.2, 0.25) is 0 Å². The molecule has 2 aliphatic rings. The monoisotopic (exact) mass is 191 g/mol. The second-order valence-corrected chi connectivity index (χ2v) is 4.88. The summed E-state index contributed by atoms with van der Waals surface area (Å²) < 4.78 is 5.62. The van der Waals surface area contributed by atoms with Crippen molar-refractivity contribution >= 4 is 5.90 Å². The number of hydrogen-bond acceptors (Lipinski definition) is 2. The van der Waals surface area contributed by atoms with E-state index in [9.17, 15) is 0 Å². The summed E-state index contributed by atoms with van der Waals surface area (Å²) in [5.41, 5.74) is 1.42. The molecule has 0 radical (unpaired) electrons. The van der Waals surface area contributed by atoms with E-state index in [1.54, 1.807) is 0 Å². The molecule has 0 fully saturated rings. The molecule has 0 aromatic heterocycles. The molecule has 1 aliphatic heterocycles. The van der Waals surface area contributed by atoms with Crippen molar-refractivity contribution in [3.05, 3.63) is 23.8 Å². The van der Waals surface area contributed by atoms with Crippen LogP contribution in [0.5, 0.6) is 0 Å². The van der Waals surface area contributed by atoms with Crippen LogP contribution in [0.2, 0.25) is 0 Å². The zero-order valence-electron chi connectivity index (χ0n) is 9.08. The van der Waals surface area contributed by atoms with E-state index in [0.717, 1.165) is 18.9 Å². The van der Waals surface area contributed by atoms with Gasteiger partial charge in [0.1, 0.15) is 12.6 Å². The summed E-state index contributed by atoms with van der Waals surface area (Å²) in [6.07, 6.45) is 7.46. The standard InChI is InChI=1S/C12H17NO/c1-12(2,3)11-13-10(8-14-11)9-6-4-5-7-9/h4-6,10H,7-8H2,1-3H3/t10-/m0/s1. The van der Waals surface area contributed by atoms with Crippen LogP contribution in [0.25, 0.3) is 0 Å². The van der Waals surface area contributed by atoms with Crippen LogP contribution in [0.1, 0.15) is 27.2 Å². The van der Waals surface area contributed by atoms with Crippen LogP contribution in [-0.4, -0.2) is 18.5 Å². The van der Waals surface area contributed by atoms with E-state index in [1.165, 1.54) is 5.57 Å². The number of allylic oxidation sites excluding steroid dienone is 3. The van der Waals surface area contributed by atoms with E-state index >= 15 is 0 Å². The molecule has 2 rings (SSSR count). The third-order valence-corrected chi connectivity index (χ3v) is 2.52. The molecule has 2 heteroatoms. The summed E-state index contributed by atoms with van der Waals surface area (Å²) in [5, 5.41) is 0. The van der Waals surface area contributed by atoms with Crippen LogP contribution in [0.15, 0.2) is 28.8 Å². The fourth-order valence-corrected chi connectivity index (χ4v) is 1.68. The highest BCUT2D eigenvalue weighted by atomic mass is 16.5. The molecule has 14 heavy (non-hydrogen) atoms. The smallest absolute Gasteiger partial charge is 0.189 e. The first-order valence-corrected chi connectivity index (χ1v) is 5.14. The normalized spacial score (nSPS) is 26.1. The Bertz CT molecular complexity index is 318. The van der Waals surface area contributed by atoms with Crippen molar-refractivity contribution in [2.75, 3.05) is 6.61 Å². The molecule has 0 unspecified atom stereocenters. The maximum atomic E-state index is 5.62. The van der Waals surface area contributed by atoms with Crippen molar-refractivity contribution < 1.29 is 4.74 Å². The predicted molar refractivity (Wildman–Crippen MR) is 58.5 cm³/mol. The lowest BCUT2D eigenvalue weighted by atomic mass is 9.97. The minimum Gasteiger partial charge on any atom is -0.478 e. The minimum absolute atomic E-state index is 0.0430. The van der Waals surface area contributed by atoms with Gasteiger partial charge < -0.3 is 4.74 Å². The average Bonchev–Trinajstić information content (AvgIpc) is 2.73. The van der Waals surface area contributed by atoms with Gasteiger partial charge in [-0.3, -0.25) is 0 Å². The van der Waals surface area contributed by atoms with Crippen LogP contribution in [0.3, 0.4) is 0 Å². The molecule has 1 heterocycles. The summed E-state index contributed by atoms with van der Waals surface area (Å²) in [6.45, 7) is 7.13. The van der Waals surface area contributed by atoms with Gasteiger partial charge in [-0.15, -0.1) is 0 Å². The highest BCUT2D eigenvalue weighted by molar-refractivity contribution is 5.83. The van der Waals surface area contributed by atoms with E-state index in [-0.39, 0.29) is 11.5 Å². The molecule has 0 saturated heterocycles. The molecule has 1 atom stereocenters. The van der Waals surface area contributed by atoms with Crippen molar-refractivity contribution in [2.24, 2.45) is 10.4 Å². The highest BCUT2D eigenvalue weighted by Gasteiger charge is 2.29. The summed E-state index contributed by atoms with van der Waals surface area (Å²) in [7, 11) is 0. The number of ether oxygens (including phenoxy) is 1. The quantitative estimate of drug-likeness (QED) is 0.624. The highest BCUT2D eigenvalue weighted by Crippen LogP contribution is 2.27. The molecule has 0 saturated carbocycles. The van der Waals surface area contributed by atoms with Gasteiger partial charge in [-0.1, -0.05) is 39.0 Å². The maximum absolute atomic E-state index is 5.62. The molecule has 0 amide bonds. The number of aliphatic imine (C=N–C) groups is 1. The van der Waals surface area contributed by atoms with Crippen molar-refractivity contribution in [1.29, 1.82) is 0 Å². The molecular weight excluding hydrogens is 174 g/mol. The van der Waals surface area contributed by atoms with E-state index < -0.39 is 0 Å². The Morgan fingerprint density at radius 1 is 1.43 bits per heavy atom. The van der Waals surface area contributed by atoms with Gasteiger partial charge in [0.25, 0.3) is 0 Å². The van der Waals surface area contributed by atoms with E-state index in [0.29, 0.717) is 0 Å². The van der Waals surface area contributed by atoms with Gasteiger partial charge in [-0.25, -0.2) is 4.99 Å². The molecular formula is C12H17NO. The SMILES string of the molecule is CC(C)(C)C1=N[C@H](C2=CC=CC2)CO1. The predicted octanol–water partition coefficient (Wildman–Crippen LogP) is 2.72. The largest absolute Gasteiger partial charge is 0.478 e. The summed E-state index contributed by atoms with van der Waals surface area (Å²) in [5.74, 6) is 0.898. The van der Waals surface area contributed by atoms with Gasteiger partial charge in [-0.2, -0.15) is 0 Å². The van der Waals surface area contributed by atoms with Crippen molar-refractivity contribution in [1.82, 2.24) is 0 Å². The van der Waals surface area contributed by atoms with E-state index in [1.807, 2.05) is 0 Å².